The van der Waals surface area contributed by atoms with Gasteiger partial charge < -0.3 is 0 Å². The van der Waals surface area contributed by atoms with Gasteiger partial charge in [0.05, 0.1) is 5.88 Å². The molecule has 0 aliphatic rings. The molecule has 0 unspecified atom stereocenters. The van der Waals surface area contributed by atoms with Gasteiger partial charge in [0.1, 0.15) is 0 Å². The number of Topliss-reactive ketones (excluding diaryl/α,β-unsaturated/α-hetero) is 1. The van der Waals surface area contributed by atoms with Gasteiger partial charge in [-0.1, -0.05) is 22.0 Å². The van der Waals surface area contributed by atoms with Crippen LogP contribution in [0.1, 0.15) is 5.56 Å². The molecule has 0 aliphatic heterocycles. The van der Waals surface area contributed by atoms with Crippen molar-refractivity contribution in [3.8, 4) is 0 Å². The molecule has 0 saturated carbocycles. The van der Waals surface area contributed by atoms with Crippen LogP contribution in [0, 0.1) is 0 Å². The third-order valence-electron chi connectivity index (χ3n) is 1.58. The van der Waals surface area contributed by atoms with Gasteiger partial charge in [-0.2, -0.15) is 0 Å². The third kappa shape index (κ3) is 3.33. The lowest BCUT2D eigenvalue weighted by Gasteiger charge is -2.03. The molecule has 0 atom stereocenters. The minimum atomic E-state index is 0.0132. The molecular formula is C9H8BrClOS. The average Bonchev–Trinajstić information content (AvgIpc) is 2.09. The van der Waals surface area contributed by atoms with E-state index in [0.717, 1.165) is 14.9 Å². The predicted octanol–water partition coefficient (Wildman–Crippen LogP) is 3.09. The molecule has 0 heterocycles. The first-order valence-corrected chi connectivity index (χ1v) is 5.46. The minimum absolute atomic E-state index is 0.0132. The highest BCUT2D eigenvalue weighted by Crippen LogP contribution is 2.20. The Morgan fingerprint density at radius 1 is 1.54 bits per heavy atom. The number of hydrogen-bond acceptors (Lipinski definition) is 2. The quantitative estimate of drug-likeness (QED) is 0.665. The van der Waals surface area contributed by atoms with E-state index in [0.29, 0.717) is 6.42 Å². The molecule has 0 aromatic heterocycles. The molecule has 0 fully saturated rings. The summed E-state index contributed by atoms with van der Waals surface area (Å²) >= 11 is 13.0. The number of ketones is 1. The molecule has 4 heteroatoms. The molecule has 0 bridgehead atoms. The van der Waals surface area contributed by atoms with E-state index in [1.165, 1.54) is 0 Å². The van der Waals surface area contributed by atoms with Gasteiger partial charge in [0.2, 0.25) is 0 Å². The zero-order valence-electron chi connectivity index (χ0n) is 6.76. The van der Waals surface area contributed by atoms with Crippen LogP contribution in [0.15, 0.2) is 27.6 Å². The Morgan fingerprint density at radius 2 is 2.23 bits per heavy atom. The van der Waals surface area contributed by atoms with Crippen molar-refractivity contribution < 1.29 is 4.79 Å². The Morgan fingerprint density at radius 3 is 2.77 bits per heavy atom. The maximum atomic E-state index is 11.0. The van der Waals surface area contributed by atoms with Crippen molar-refractivity contribution >= 4 is 45.9 Å². The van der Waals surface area contributed by atoms with Gasteiger partial charge in [0, 0.05) is 15.8 Å². The fourth-order valence-corrected chi connectivity index (χ4v) is 1.87. The van der Waals surface area contributed by atoms with Crippen LogP contribution in [0.4, 0.5) is 0 Å². The molecule has 0 saturated heterocycles. The molecule has 70 valence electrons. The monoisotopic (exact) mass is 278 g/mol. The van der Waals surface area contributed by atoms with Crippen LogP contribution in [0.5, 0.6) is 0 Å². The summed E-state index contributed by atoms with van der Waals surface area (Å²) in [6.45, 7) is 0. The van der Waals surface area contributed by atoms with Crippen LogP contribution in [-0.2, 0) is 11.2 Å². The maximum absolute atomic E-state index is 11.0. The van der Waals surface area contributed by atoms with Crippen molar-refractivity contribution in [1.29, 1.82) is 0 Å². The summed E-state index contributed by atoms with van der Waals surface area (Å²) < 4.78 is 0.958. The van der Waals surface area contributed by atoms with E-state index in [2.05, 4.69) is 28.6 Å². The van der Waals surface area contributed by atoms with E-state index in [4.69, 9.17) is 11.6 Å². The number of benzene rings is 1. The normalized spacial score (nSPS) is 10.1. The van der Waals surface area contributed by atoms with Gasteiger partial charge >= 0.3 is 0 Å². The Kier molecular flexibility index (Phi) is 4.29. The zero-order valence-corrected chi connectivity index (χ0v) is 9.99. The highest BCUT2D eigenvalue weighted by Gasteiger charge is 2.05. The summed E-state index contributed by atoms with van der Waals surface area (Å²) in [5.74, 6) is 0.0720. The number of thiol groups is 1. The Hall–Kier alpha value is 0.01000. The SMILES string of the molecule is O=C(CCl)Cc1ccc(Br)cc1S. The molecule has 0 radical (unpaired) electrons. The largest absolute Gasteiger partial charge is 0.298 e. The second-order valence-electron chi connectivity index (χ2n) is 2.62. The van der Waals surface area contributed by atoms with E-state index in [9.17, 15) is 4.79 Å². The molecule has 0 spiro atoms. The number of carbonyl (C=O) groups excluding carboxylic acids is 1. The van der Waals surface area contributed by atoms with E-state index in [-0.39, 0.29) is 11.7 Å². The molecule has 1 aromatic rings. The van der Waals surface area contributed by atoms with Crippen LogP contribution in [0.2, 0.25) is 0 Å². The van der Waals surface area contributed by atoms with Crippen LogP contribution >= 0.6 is 40.2 Å². The maximum Gasteiger partial charge on any atom is 0.151 e. The predicted molar refractivity (Wildman–Crippen MR) is 60.8 cm³/mol. The van der Waals surface area contributed by atoms with Crippen molar-refractivity contribution in [2.75, 3.05) is 5.88 Å². The molecule has 0 N–H and O–H groups in total. The average molecular weight is 280 g/mol. The summed E-state index contributed by atoms with van der Waals surface area (Å²) in [5.41, 5.74) is 0.914. The number of rotatable bonds is 3. The van der Waals surface area contributed by atoms with Crippen molar-refractivity contribution in [3.05, 3.63) is 28.2 Å². The molecular weight excluding hydrogens is 272 g/mol. The fraction of sp³-hybridized carbons (Fsp3) is 0.222. The summed E-state index contributed by atoms with van der Waals surface area (Å²) in [6.07, 6.45) is 0.357. The highest BCUT2D eigenvalue weighted by atomic mass is 79.9. The van der Waals surface area contributed by atoms with Crippen LogP contribution in [0.3, 0.4) is 0 Å². The number of hydrogen-bond donors (Lipinski definition) is 1. The lowest BCUT2D eigenvalue weighted by Crippen LogP contribution is -2.04. The lowest BCUT2D eigenvalue weighted by atomic mass is 10.1. The molecule has 1 aromatic carbocycles. The first kappa shape index (κ1) is 11.1. The smallest absolute Gasteiger partial charge is 0.151 e. The molecule has 1 nitrogen and oxygen atoms in total. The Bertz CT molecular complexity index is 327. The first-order chi connectivity index (χ1) is 6.13. The second-order valence-corrected chi connectivity index (χ2v) is 4.29. The molecule has 0 aliphatic carbocycles. The van der Waals surface area contributed by atoms with Gasteiger partial charge in [-0.05, 0) is 17.7 Å². The summed E-state index contributed by atoms with van der Waals surface area (Å²) in [7, 11) is 0. The topological polar surface area (TPSA) is 17.1 Å². The highest BCUT2D eigenvalue weighted by molar-refractivity contribution is 9.10. The third-order valence-corrected chi connectivity index (χ3v) is 2.79. The Labute approximate surface area is 96.0 Å². The van der Waals surface area contributed by atoms with E-state index >= 15 is 0 Å². The van der Waals surface area contributed by atoms with E-state index in [1.54, 1.807) is 0 Å². The lowest BCUT2D eigenvalue weighted by molar-refractivity contribution is -0.116. The van der Waals surface area contributed by atoms with Crippen LogP contribution in [0.25, 0.3) is 0 Å². The van der Waals surface area contributed by atoms with Crippen LogP contribution < -0.4 is 0 Å². The number of alkyl halides is 1. The van der Waals surface area contributed by atoms with E-state index in [1.807, 2.05) is 18.2 Å². The van der Waals surface area contributed by atoms with Gasteiger partial charge in [-0.15, -0.1) is 24.2 Å². The number of carbonyl (C=O) groups is 1. The van der Waals surface area contributed by atoms with Gasteiger partial charge in [0.15, 0.2) is 5.78 Å². The molecule has 1 rings (SSSR count). The Balaban J connectivity index is 2.83. The van der Waals surface area contributed by atoms with Gasteiger partial charge in [-0.25, -0.2) is 0 Å². The van der Waals surface area contributed by atoms with Crippen molar-refractivity contribution in [2.45, 2.75) is 11.3 Å². The standard InChI is InChI=1S/C9H8BrClOS/c10-7-2-1-6(9(13)4-7)3-8(12)5-11/h1-2,4,13H,3,5H2. The van der Waals surface area contributed by atoms with Crippen molar-refractivity contribution in [3.63, 3.8) is 0 Å². The van der Waals surface area contributed by atoms with E-state index < -0.39 is 0 Å². The van der Waals surface area contributed by atoms with Crippen molar-refractivity contribution in [1.82, 2.24) is 0 Å². The summed E-state index contributed by atoms with van der Waals surface area (Å²) in [4.78, 5) is 11.9. The van der Waals surface area contributed by atoms with Gasteiger partial charge in [-0.3, -0.25) is 4.79 Å². The number of halogens is 2. The van der Waals surface area contributed by atoms with Gasteiger partial charge in [0.25, 0.3) is 0 Å². The second kappa shape index (κ2) is 5.03. The zero-order chi connectivity index (χ0) is 9.84. The minimum Gasteiger partial charge on any atom is -0.298 e. The summed E-state index contributed by atoms with van der Waals surface area (Å²) in [5, 5.41) is 0. The summed E-state index contributed by atoms with van der Waals surface area (Å²) in [6, 6.07) is 5.62. The fourth-order valence-electron chi connectivity index (χ4n) is 0.946. The molecule has 0 amide bonds. The van der Waals surface area contributed by atoms with Crippen LogP contribution in [-0.4, -0.2) is 11.7 Å². The van der Waals surface area contributed by atoms with Crippen molar-refractivity contribution in [2.24, 2.45) is 0 Å². The molecule has 13 heavy (non-hydrogen) atoms. The first-order valence-electron chi connectivity index (χ1n) is 3.68.